The summed E-state index contributed by atoms with van der Waals surface area (Å²) in [6.07, 6.45) is -1.61. The van der Waals surface area contributed by atoms with Gasteiger partial charge in [-0.05, 0) is 24.1 Å². The van der Waals surface area contributed by atoms with Crippen LogP contribution >= 0.6 is 0 Å². The van der Waals surface area contributed by atoms with Crippen LogP contribution in [0, 0.1) is 0 Å². The molecule has 18 heavy (non-hydrogen) atoms. The molecule has 0 aliphatic heterocycles. The Kier molecular flexibility index (Phi) is 5.57. The minimum absolute atomic E-state index is 0.157. The fraction of sp³-hybridized carbons (Fsp3) is 0.417. The summed E-state index contributed by atoms with van der Waals surface area (Å²) in [5, 5.41) is 22.2. The van der Waals surface area contributed by atoms with E-state index in [0.29, 0.717) is 12.1 Å². The number of carbonyl (C=O) groups is 1. The first-order chi connectivity index (χ1) is 8.54. The van der Waals surface area contributed by atoms with E-state index in [4.69, 9.17) is 5.84 Å². The Bertz CT molecular complexity index is 381. The maximum Gasteiger partial charge on any atom is 0.216 e. The lowest BCUT2D eigenvalue weighted by Crippen LogP contribution is -2.27. The Labute approximate surface area is 106 Å². The van der Waals surface area contributed by atoms with Gasteiger partial charge in [-0.1, -0.05) is 12.1 Å². The lowest BCUT2D eigenvalue weighted by molar-refractivity contribution is -0.119. The summed E-state index contributed by atoms with van der Waals surface area (Å²) in [6, 6.07) is 6.78. The highest BCUT2D eigenvalue weighted by Gasteiger charge is 2.17. The molecule has 0 heterocycles. The number of amides is 1. The number of rotatable bonds is 6. The number of nitrogens with two attached hydrogens (primary N) is 1. The molecule has 6 N–H and O–H groups in total. The van der Waals surface area contributed by atoms with E-state index in [1.807, 2.05) is 0 Å². The molecule has 0 saturated carbocycles. The summed E-state index contributed by atoms with van der Waals surface area (Å²) >= 11 is 0. The van der Waals surface area contributed by atoms with Gasteiger partial charge in [0.15, 0.2) is 0 Å². The van der Waals surface area contributed by atoms with Crippen molar-refractivity contribution in [3.63, 3.8) is 0 Å². The van der Waals surface area contributed by atoms with Crippen LogP contribution in [0.3, 0.4) is 0 Å². The summed E-state index contributed by atoms with van der Waals surface area (Å²) in [5.74, 6) is 5.07. The van der Waals surface area contributed by atoms with Crippen LogP contribution in [-0.2, 0) is 4.79 Å². The minimum Gasteiger partial charge on any atom is -0.390 e. The summed E-state index contributed by atoms with van der Waals surface area (Å²) in [7, 11) is 0. The van der Waals surface area contributed by atoms with Crippen LogP contribution in [0.15, 0.2) is 24.3 Å². The van der Waals surface area contributed by atoms with Gasteiger partial charge >= 0.3 is 0 Å². The summed E-state index contributed by atoms with van der Waals surface area (Å²) in [4.78, 5) is 10.7. The van der Waals surface area contributed by atoms with Gasteiger partial charge in [0, 0.05) is 19.2 Å². The number of hydrazine groups is 1. The summed E-state index contributed by atoms with van der Waals surface area (Å²) in [6.45, 7) is 1.73. The lowest BCUT2D eigenvalue weighted by Gasteiger charge is -2.18. The van der Waals surface area contributed by atoms with Crippen molar-refractivity contribution in [2.45, 2.75) is 25.6 Å². The van der Waals surface area contributed by atoms with E-state index in [0.717, 1.165) is 5.69 Å². The third-order valence-corrected chi connectivity index (χ3v) is 2.60. The van der Waals surface area contributed by atoms with E-state index in [1.165, 1.54) is 6.92 Å². The predicted molar refractivity (Wildman–Crippen MR) is 68.5 cm³/mol. The zero-order valence-electron chi connectivity index (χ0n) is 10.3. The Morgan fingerprint density at radius 1 is 1.33 bits per heavy atom. The van der Waals surface area contributed by atoms with Crippen LogP contribution in [0.25, 0.3) is 0 Å². The molecule has 1 rings (SSSR count). The highest BCUT2D eigenvalue weighted by molar-refractivity contribution is 5.72. The second kappa shape index (κ2) is 6.95. The Balaban J connectivity index is 2.51. The highest BCUT2D eigenvalue weighted by Crippen LogP contribution is 2.20. The van der Waals surface area contributed by atoms with Crippen molar-refractivity contribution in [3.8, 4) is 0 Å². The number of nitrogen functional groups attached to an aromatic ring is 1. The average Bonchev–Trinajstić information content (AvgIpc) is 2.37. The maximum absolute atomic E-state index is 10.7. The van der Waals surface area contributed by atoms with Gasteiger partial charge < -0.3 is 21.0 Å². The molecule has 0 saturated heterocycles. The van der Waals surface area contributed by atoms with Crippen LogP contribution in [-0.4, -0.2) is 28.8 Å². The second-order valence-electron chi connectivity index (χ2n) is 4.05. The Morgan fingerprint density at radius 3 is 2.44 bits per heavy atom. The standard InChI is InChI=1S/C12H19N3O3/c1-8(16)14-7-6-11(17)12(18)9-2-4-10(15-13)5-3-9/h2-5,11-12,15,17-18H,6-7,13H2,1H3,(H,14,16). The van der Waals surface area contributed by atoms with Crippen LogP contribution in [0.5, 0.6) is 0 Å². The number of carbonyl (C=O) groups excluding carboxylic acids is 1. The van der Waals surface area contributed by atoms with Crippen molar-refractivity contribution in [3.05, 3.63) is 29.8 Å². The molecule has 2 unspecified atom stereocenters. The van der Waals surface area contributed by atoms with Gasteiger partial charge in [-0.2, -0.15) is 0 Å². The van der Waals surface area contributed by atoms with Gasteiger partial charge in [-0.15, -0.1) is 0 Å². The third kappa shape index (κ3) is 4.33. The first-order valence-corrected chi connectivity index (χ1v) is 5.71. The second-order valence-corrected chi connectivity index (χ2v) is 4.05. The number of nitrogens with one attached hydrogen (secondary N) is 2. The normalized spacial score (nSPS) is 13.8. The van der Waals surface area contributed by atoms with Crippen LogP contribution in [0.4, 0.5) is 5.69 Å². The van der Waals surface area contributed by atoms with Crippen molar-refractivity contribution >= 4 is 11.6 Å². The summed E-state index contributed by atoms with van der Waals surface area (Å²) in [5.41, 5.74) is 3.80. The summed E-state index contributed by atoms with van der Waals surface area (Å²) < 4.78 is 0. The maximum atomic E-state index is 10.7. The van der Waals surface area contributed by atoms with Crippen LogP contribution < -0.4 is 16.6 Å². The zero-order chi connectivity index (χ0) is 13.5. The van der Waals surface area contributed by atoms with Gasteiger partial charge in [0.05, 0.1) is 6.10 Å². The first kappa shape index (κ1) is 14.4. The molecule has 0 spiro atoms. The number of benzene rings is 1. The molecule has 1 aromatic rings. The van der Waals surface area contributed by atoms with Gasteiger partial charge in [0.1, 0.15) is 6.10 Å². The molecule has 0 aromatic heterocycles. The van der Waals surface area contributed by atoms with Crippen molar-refractivity contribution in [1.82, 2.24) is 5.32 Å². The predicted octanol–water partition coefficient (Wildman–Crippen LogP) is -0.107. The van der Waals surface area contributed by atoms with E-state index in [1.54, 1.807) is 24.3 Å². The molecular weight excluding hydrogens is 234 g/mol. The van der Waals surface area contributed by atoms with E-state index in [2.05, 4.69) is 10.7 Å². The van der Waals surface area contributed by atoms with E-state index in [9.17, 15) is 15.0 Å². The number of aliphatic hydroxyl groups excluding tert-OH is 2. The highest BCUT2D eigenvalue weighted by atomic mass is 16.3. The van der Waals surface area contributed by atoms with E-state index >= 15 is 0 Å². The van der Waals surface area contributed by atoms with Crippen LogP contribution in [0.1, 0.15) is 25.0 Å². The topological polar surface area (TPSA) is 108 Å². The Morgan fingerprint density at radius 2 is 1.94 bits per heavy atom. The molecule has 6 nitrogen and oxygen atoms in total. The third-order valence-electron chi connectivity index (χ3n) is 2.60. The monoisotopic (exact) mass is 253 g/mol. The molecule has 0 fully saturated rings. The molecular formula is C12H19N3O3. The van der Waals surface area contributed by atoms with E-state index in [-0.39, 0.29) is 12.3 Å². The molecule has 0 bridgehead atoms. The van der Waals surface area contributed by atoms with Gasteiger partial charge in [-0.3, -0.25) is 10.6 Å². The van der Waals surface area contributed by atoms with Crippen molar-refractivity contribution in [2.75, 3.05) is 12.0 Å². The fourth-order valence-electron chi connectivity index (χ4n) is 1.55. The molecule has 1 amide bonds. The molecule has 0 radical (unpaired) electrons. The number of hydrogen-bond donors (Lipinski definition) is 5. The van der Waals surface area contributed by atoms with E-state index < -0.39 is 12.2 Å². The average molecular weight is 253 g/mol. The Hall–Kier alpha value is -1.63. The number of hydrogen-bond acceptors (Lipinski definition) is 5. The van der Waals surface area contributed by atoms with Crippen LogP contribution in [0.2, 0.25) is 0 Å². The van der Waals surface area contributed by atoms with Gasteiger partial charge in [-0.25, -0.2) is 0 Å². The first-order valence-electron chi connectivity index (χ1n) is 5.71. The largest absolute Gasteiger partial charge is 0.390 e. The SMILES string of the molecule is CC(=O)NCCC(O)C(O)c1ccc(NN)cc1. The van der Waals surface area contributed by atoms with Crippen molar-refractivity contribution < 1.29 is 15.0 Å². The molecule has 0 aliphatic rings. The van der Waals surface area contributed by atoms with Crippen molar-refractivity contribution in [1.29, 1.82) is 0 Å². The minimum atomic E-state index is -0.981. The van der Waals surface area contributed by atoms with Gasteiger partial charge in [0.2, 0.25) is 5.91 Å². The molecule has 100 valence electrons. The van der Waals surface area contributed by atoms with Crippen molar-refractivity contribution in [2.24, 2.45) is 5.84 Å². The molecule has 1 aromatic carbocycles. The number of aliphatic hydroxyl groups is 2. The lowest BCUT2D eigenvalue weighted by atomic mass is 10.0. The number of anilines is 1. The zero-order valence-corrected chi connectivity index (χ0v) is 10.3. The smallest absolute Gasteiger partial charge is 0.216 e. The quantitative estimate of drug-likeness (QED) is 0.359. The molecule has 2 atom stereocenters. The fourth-order valence-corrected chi connectivity index (χ4v) is 1.55. The molecule has 0 aliphatic carbocycles. The molecule has 6 heteroatoms. The van der Waals surface area contributed by atoms with Gasteiger partial charge in [0.25, 0.3) is 0 Å².